The van der Waals surface area contributed by atoms with Crippen molar-refractivity contribution in [2.75, 3.05) is 57.4 Å². The van der Waals surface area contributed by atoms with Gasteiger partial charge in [0.05, 0.1) is 12.6 Å². The summed E-state index contributed by atoms with van der Waals surface area (Å²) in [6.45, 7) is 5.79. The van der Waals surface area contributed by atoms with Crippen LogP contribution in [0.5, 0.6) is 11.5 Å². The first-order valence-corrected chi connectivity index (χ1v) is 10.7. The number of likely N-dealkylation sites (tertiary alicyclic amines) is 1. The third-order valence-corrected chi connectivity index (χ3v) is 6.09. The third kappa shape index (κ3) is 3.92. The largest absolute Gasteiger partial charge is 0.486 e. The lowest BCUT2D eigenvalue weighted by Crippen LogP contribution is -2.50. The van der Waals surface area contributed by atoms with Crippen LogP contribution in [0.15, 0.2) is 36.7 Å². The average molecular weight is 409 g/mol. The summed E-state index contributed by atoms with van der Waals surface area (Å²) < 4.78 is 11.4. The molecule has 1 aromatic carbocycles. The van der Waals surface area contributed by atoms with Gasteiger partial charge in [0.15, 0.2) is 11.5 Å². The predicted molar refractivity (Wildman–Crippen MR) is 112 cm³/mol. The van der Waals surface area contributed by atoms with Crippen LogP contribution in [-0.2, 0) is 4.79 Å². The van der Waals surface area contributed by atoms with Crippen LogP contribution in [0, 0.1) is 0 Å². The molecule has 0 spiro atoms. The van der Waals surface area contributed by atoms with Crippen LogP contribution in [-0.4, -0.2) is 78.2 Å². The topological polar surface area (TPSA) is 71.0 Å². The molecule has 0 N–H and O–H groups in total. The molecule has 30 heavy (non-hydrogen) atoms. The van der Waals surface area contributed by atoms with Crippen molar-refractivity contribution in [3.63, 3.8) is 0 Å². The number of hydrogen-bond acceptors (Lipinski definition) is 7. The van der Waals surface area contributed by atoms with Crippen molar-refractivity contribution in [2.24, 2.45) is 0 Å². The van der Waals surface area contributed by atoms with Gasteiger partial charge in [-0.25, -0.2) is 9.97 Å². The zero-order chi connectivity index (χ0) is 20.3. The monoisotopic (exact) mass is 409 g/mol. The quantitative estimate of drug-likeness (QED) is 0.762. The van der Waals surface area contributed by atoms with E-state index in [4.69, 9.17) is 9.47 Å². The zero-order valence-electron chi connectivity index (χ0n) is 17.1. The maximum Gasteiger partial charge on any atom is 0.237 e. The van der Waals surface area contributed by atoms with E-state index in [1.807, 2.05) is 23.1 Å². The molecule has 158 valence electrons. The minimum atomic E-state index is 0.118. The molecule has 2 saturated heterocycles. The van der Waals surface area contributed by atoms with Gasteiger partial charge in [-0.05, 0) is 36.6 Å². The number of ether oxygens (including phenoxy) is 2. The Bertz CT molecular complexity index is 886. The molecule has 8 heteroatoms. The number of piperazine rings is 1. The minimum absolute atomic E-state index is 0.118. The average Bonchev–Trinajstić information content (AvgIpc) is 3.30. The molecule has 8 nitrogen and oxygen atoms in total. The number of hydrogen-bond donors (Lipinski definition) is 0. The summed E-state index contributed by atoms with van der Waals surface area (Å²) >= 11 is 0. The van der Waals surface area contributed by atoms with Gasteiger partial charge in [0.25, 0.3) is 0 Å². The van der Waals surface area contributed by atoms with Gasteiger partial charge in [-0.1, -0.05) is 6.07 Å². The Morgan fingerprint density at radius 3 is 2.57 bits per heavy atom. The van der Waals surface area contributed by atoms with Gasteiger partial charge in [-0.2, -0.15) is 0 Å². The first-order valence-electron chi connectivity index (χ1n) is 10.7. The van der Waals surface area contributed by atoms with Crippen LogP contribution in [0.1, 0.15) is 24.4 Å². The second kappa shape index (κ2) is 8.47. The van der Waals surface area contributed by atoms with Crippen LogP contribution >= 0.6 is 0 Å². The standard InChI is InChI=1S/C22H27N5O3/c28-21(16-25-9-11-26(12-10-25)22-23-6-2-7-24-22)27-8-1-3-18(27)17-4-5-19-20(15-17)30-14-13-29-19/h2,4-7,15,18H,1,3,8-14,16H2/t18-/m1/s1. The fourth-order valence-corrected chi connectivity index (χ4v) is 4.52. The van der Waals surface area contributed by atoms with Gasteiger partial charge < -0.3 is 19.3 Å². The number of carbonyl (C=O) groups excluding carboxylic acids is 1. The molecular weight excluding hydrogens is 382 g/mol. The van der Waals surface area contributed by atoms with E-state index in [0.29, 0.717) is 19.8 Å². The molecule has 0 unspecified atom stereocenters. The van der Waals surface area contributed by atoms with Crippen LogP contribution in [0.4, 0.5) is 5.95 Å². The molecule has 1 amide bonds. The van der Waals surface area contributed by atoms with Gasteiger partial charge in [0.2, 0.25) is 11.9 Å². The van der Waals surface area contributed by atoms with E-state index in [9.17, 15) is 4.79 Å². The number of benzene rings is 1. The molecule has 2 aromatic rings. The molecule has 0 saturated carbocycles. The first kappa shape index (κ1) is 19.1. The summed E-state index contributed by atoms with van der Waals surface area (Å²) in [6, 6.07) is 8.03. The summed E-state index contributed by atoms with van der Waals surface area (Å²) in [5.74, 6) is 2.55. The number of amides is 1. The van der Waals surface area contributed by atoms with Crippen molar-refractivity contribution in [1.29, 1.82) is 0 Å². The lowest BCUT2D eigenvalue weighted by atomic mass is 10.0. The molecular formula is C22H27N5O3. The van der Waals surface area contributed by atoms with E-state index >= 15 is 0 Å². The third-order valence-electron chi connectivity index (χ3n) is 6.09. The molecule has 4 heterocycles. The molecule has 5 rings (SSSR count). The van der Waals surface area contributed by atoms with Gasteiger partial charge >= 0.3 is 0 Å². The molecule has 1 aromatic heterocycles. The summed E-state index contributed by atoms with van der Waals surface area (Å²) in [5, 5.41) is 0. The van der Waals surface area contributed by atoms with Crippen LogP contribution in [0.3, 0.4) is 0 Å². The number of carbonyl (C=O) groups is 1. The Labute approximate surface area is 176 Å². The fraction of sp³-hybridized carbons (Fsp3) is 0.500. The number of nitrogens with zero attached hydrogens (tertiary/aromatic N) is 5. The summed E-state index contributed by atoms with van der Waals surface area (Å²) in [6.07, 6.45) is 5.56. The Kier molecular flexibility index (Phi) is 5.40. The molecule has 1 atom stereocenters. The van der Waals surface area contributed by atoms with Crippen molar-refractivity contribution < 1.29 is 14.3 Å². The highest BCUT2D eigenvalue weighted by molar-refractivity contribution is 5.79. The Morgan fingerprint density at radius 2 is 1.77 bits per heavy atom. The number of aromatic nitrogens is 2. The van der Waals surface area contributed by atoms with Crippen molar-refractivity contribution in [3.05, 3.63) is 42.2 Å². The van der Waals surface area contributed by atoms with E-state index in [2.05, 4.69) is 25.8 Å². The van der Waals surface area contributed by atoms with Gasteiger partial charge in [-0.3, -0.25) is 9.69 Å². The smallest absolute Gasteiger partial charge is 0.237 e. The zero-order valence-corrected chi connectivity index (χ0v) is 17.1. The van der Waals surface area contributed by atoms with Gasteiger partial charge in [-0.15, -0.1) is 0 Å². The number of anilines is 1. The highest BCUT2D eigenvalue weighted by Gasteiger charge is 2.32. The Hall–Kier alpha value is -2.87. The second-order valence-corrected chi connectivity index (χ2v) is 7.96. The molecule has 0 aliphatic carbocycles. The highest BCUT2D eigenvalue weighted by atomic mass is 16.6. The lowest BCUT2D eigenvalue weighted by molar-refractivity contribution is -0.133. The van der Waals surface area contributed by atoms with E-state index in [1.165, 1.54) is 0 Å². The van der Waals surface area contributed by atoms with Crippen molar-refractivity contribution in [3.8, 4) is 11.5 Å². The molecule has 2 fully saturated rings. The van der Waals surface area contributed by atoms with Crippen LogP contribution in [0.25, 0.3) is 0 Å². The Balaban J connectivity index is 1.20. The number of rotatable bonds is 4. The van der Waals surface area contributed by atoms with Gasteiger partial charge in [0.1, 0.15) is 13.2 Å². The summed E-state index contributed by atoms with van der Waals surface area (Å²) in [7, 11) is 0. The van der Waals surface area contributed by atoms with Crippen LogP contribution < -0.4 is 14.4 Å². The van der Waals surface area contributed by atoms with Crippen molar-refractivity contribution >= 4 is 11.9 Å². The van der Waals surface area contributed by atoms with Crippen molar-refractivity contribution in [1.82, 2.24) is 19.8 Å². The molecule has 3 aliphatic rings. The predicted octanol–water partition coefficient (Wildman–Crippen LogP) is 1.73. The molecule has 0 radical (unpaired) electrons. The lowest BCUT2D eigenvalue weighted by Gasteiger charge is -2.35. The van der Waals surface area contributed by atoms with E-state index < -0.39 is 0 Å². The minimum Gasteiger partial charge on any atom is -0.486 e. The summed E-state index contributed by atoms with van der Waals surface area (Å²) in [5.41, 5.74) is 1.14. The maximum absolute atomic E-state index is 13.1. The highest BCUT2D eigenvalue weighted by Crippen LogP contribution is 2.38. The normalized spacial score (nSPS) is 21.7. The van der Waals surface area contributed by atoms with Crippen LogP contribution in [0.2, 0.25) is 0 Å². The fourth-order valence-electron chi connectivity index (χ4n) is 4.52. The second-order valence-electron chi connectivity index (χ2n) is 7.96. The molecule has 0 bridgehead atoms. The Morgan fingerprint density at radius 1 is 1.00 bits per heavy atom. The van der Waals surface area contributed by atoms with E-state index in [1.54, 1.807) is 12.4 Å². The maximum atomic E-state index is 13.1. The summed E-state index contributed by atoms with van der Waals surface area (Å²) in [4.78, 5) is 28.2. The molecule has 3 aliphatic heterocycles. The SMILES string of the molecule is O=C(CN1CCN(c2ncccn2)CC1)N1CCC[C@@H]1c1ccc2c(c1)OCCO2. The first-order chi connectivity index (χ1) is 14.8. The van der Waals surface area contributed by atoms with Crippen molar-refractivity contribution in [2.45, 2.75) is 18.9 Å². The van der Waals surface area contributed by atoms with E-state index in [-0.39, 0.29) is 11.9 Å². The van der Waals surface area contributed by atoms with Gasteiger partial charge in [0, 0.05) is 45.1 Å². The number of fused-ring (bicyclic) bond motifs is 1. The van der Waals surface area contributed by atoms with E-state index in [0.717, 1.165) is 68.6 Å².